The monoisotopic (exact) mass is 824 g/mol. The van der Waals surface area contributed by atoms with Gasteiger partial charge in [-0.2, -0.15) is 0 Å². The van der Waals surface area contributed by atoms with Gasteiger partial charge in [-0.3, -0.25) is 18.6 Å². The van der Waals surface area contributed by atoms with Crippen LogP contribution in [0.1, 0.15) is 206 Å². The summed E-state index contributed by atoms with van der Waals surface area (Å²) in [5.74, 6) is -0.872. The highest BCUT2D eigenvalue weighted by atomic mass is 31.2. The number of hydrogen-bond donors (Lipinski definition) is 2. The van der Waals surface area contributed by atoms with E-state index in [4.69, 9.17) is 24.3 Å². The lowest BCUT2D eigenvalue weighted by Gasteiger charge is -2.19. The number of esters is 2. The Morgan fingerprint density at radius 2 is 0.965 bits per heavy atom. The molecule has 0 aromatic carbocycles. The molecule has 0 heterocycles. The van der Waals surface area contributed by atoms with E-state index in [0.717, 1.165) is 57.8 Å². The number of unbranched alkanes of at least 4 members (excludes halogenated alkanes) is 22. The lowest BCUT2D eigenvalue weighted by atomic mass is 10.0. The van der Waals surface area contributed by atoms with Crippen LogP contribution in [0.25, 0.3) is 0 Å². The number of carbonyl (C=O) groups is 2. The molecule has 2 atom stereocenters. The van der Waals surface area contributed by atoms with Crippen molar-refractivity contribution in [3.8, 4) is 0 Å². The summed E-state index contributed by atoms with van der Waals surface area (Å²) in [4.78, 5) is 34.9. The molecule has 0 saturated carbocycles. The molecule has 10 heteroatoms. The molecule has 57 heavy (non-hydrogen) atoms. The van der Waals surface area contributed by atoms with Crippen LogP contribution in [0, 0.1) is 0 Å². The number of rotatable bonds is 43. The standard InChI is InChI=1S/C47H86NO8P/c1-3-5-7-9-11-13-15-17-19-20-21-22-23-24-26-28-30-32-34-36-38-40-47(50)56-45(44-55-57(51,52)54-42-41-48)43-53-46(49)39-37-35-33-31-29-27-25-18-16-14-12-10-8-6-4-2/h6,8,12,14,18,25,29,31,45H,3-5,7,9-11,13,15-17,19-24,26-28,30,32-44,48H2,1-2H3,(H,51,52)/b8-6+,14-12+,25-18+,31-29+/t45-/m1/s1. The molecule has 0 amide bonds. The molecule has 332 valence electrons. The van der Waals surface area contributed by atoms with E-state index in [1.807, 2.05) is 0 Å². The quantitative estimate of drug-likeness (QED) is 0.0267. The molecule has 0 aliphatic carbocycles. The van der Waals surface area contributed by atoms with Gasteiger partial charge in [0, 0.05) is 19.4 Å². The van der Waals surface area contributed by atoms with Gasteiger partial charge in [0.25, 0.3) is 0 Å². The summed E-state index contributed by atoms with van der Waals surface area (Å²) in [7, 11) is -4.39. The first-order valence-electron chi connectivity index (χ1n) is 23.1. The molecule has 0 aromatic heterocycles. The van der Waals surface area contributed by atoms with Gasteiger partial charge in [0.15, 0.2) is 6.10 Å². The highest BCUT2D eigenvalue weighted by molar-refractivity contribution is 7.47. The number of phosphoric acid groups is 1. The van der Waals surface area contributed by atoms with Gasteiger partial charge in [-0.15, -0.1) is 0 Å². The van der Waals surface area contributed by atoms with E-state index in [-0.39, 0.29) is 32.6 Å². The van der Waals surface area contributed by atoms with Gasteiger partial charge in [0.05, 0.1) is 13.2 Å². The molecule has 0 aliphatic heterocycles. The Hall–Kier alpha value is -2.03. The minimum Gasteiger partial charge on any atom is -0.462 e. The third-order valence-electron chi connectivity index (χ3n) is 9.73. The summed E-state index contributed by atoms with van der Waals surface area (Å²) in [5.41, 5.74) is 5.35. The van der Waals surface area contributed by atoms with Crippen LogP contribution in [0.2, 0.25) is 0 Å². The summed E-state index contributed by atoms with van der Waals surface area (Å²) in [6, 6.07) is 0. The Morgan fingerprint density at radius 3 is 1.44 bits per heavy atom. The number of nitrogens with two attached hydrogens (primary N) is 1. The van der Waals surface area contributed by atoms with Gasteiger partial charge < -0.3 is 20.1 Å². The van der Waals surface area contributed by atoms with E-state index in [1.165, 1.54) is 109 Å². The normalized spacial score (nSPS) is 13.7. The molecule has 0 saturated heterocycles. The minimum atomic E-state index is -4.39. The Bertz CT molecular complexity index is 1080. The van der Waals surface area contributed by atoms with E-state index < -0.39 is 32.5 Å². The fraction of sp³-hybridized carbons (Fsp3) is 0.787. The number of carbonyl (C=O) groups excluding carboxylic acids is 2. The number of phosphoric ester groups is 1. The lowest BCUT2D eigenvalue weighted by Crippen LogP contribution is -2.29. The molecule has 1 unspecified atom stereocenters. The molecule has 0 radical (unpaired) electrons. The van der Waals surface area contributed by atoms with Crippen LogP contribution in [0.4, 0.5) is 0 Å². The van der Waals surface area contributed by atoms with Crippen molar-refractivity contribution < 1.29 is 37.6 Å². The van der Waals surface area contributed by atoms with E-state index in [1.54, 1.807) is 0 Å². The highest BCUT2D eigenvalue weighted by Gasteiger charge is 2.26. The lowest BCUT2D eigenvalue weighted by molar-refractivity contribution is -0.161. The van der Waals surface area contributed by atoms with Crippen molar-refractivity contribution in [2.45, 2.75) is 213 Å². The van der Waals surface area contributed by atoms with Crippen LogP contribution in [0.5, 0.6) is 0 Å². The van der Waals surface area contributed by atoms with Gasteiger partial charge in [0.1, 0.15) is 6.61 Å². The molecule has 0 aromatic rings. The smallest absolute Gasteiger partial charge is 0.462 e. The average Bonchev–Trinajstić information content (AvgIpc) is 3.20. The topological polar surface area (TPSA) is 134 Å². The van der Waals surface area contributed by atoms with Crippen LogP contribution in [-0.4, -0.2) is 49.3 Å². The first-order chi connectivity index (χ1) is 27.8. The molecule has 9 nitrogen and oxygen atoms in total. The van der Waals surface area contributed by atoms with Crippen LogP contribution in [0.3, 0.4) is 0 Å². The molecule has 0 aliphatic rings. The minimum absolute atomic E-state index is 0.0473. The molecule has 0 fully saturated rings. The fourth-order valence-electron chi connectivity index (χ4n) is 6.33. The molecule has 3 N–H and O–H groups in total. The summed E-state index contributed by atoms with van der Waals surface area (Å²) in [6.07, 6.45) is 50.1. The van der Waals surface area contributed by atoms with Crippen molar-refractivity contribution in [1.82, 2.24) is 0 Å². The van der Waals surface area contributed by atoms with Crippen LogP contribution in [0.15, 0.2) is 48.6 Å². The number of ether oxygens (including phenoxy) is 2. The van der Waals surface area contributed by atoms with Crippen LogP contribution < -0.4 is 5.73 Å². The van der Waals surface area contributed by atoms with Crippen molar-refractivity contribution in [1.29, 1.82) is 0 Å². The highest BCUT2D eigenvalue weighted by Crippen LogP contribution is 2.43. The second kappa shape index (κ2) is 43.5. The average molecular weight is 824 g/mol. The third-order valence-corrected chi connectivity index (χ3v) is 10.7. The van der Waals surface area contributed by atoms with Crippen LogP contribution in [-0.2, 0) is 32.7 Å². The Labute approximate surface area is 349 Å². The van der Waals surface area contributed by atoms with Gasteiger partial charge in [0.2, 0.25) is 0 Å². The first-order valence-corrected chi connectivity index (χ1v) is 24.6. The molecule has 0 bridgehead atoms. The maximum absolute atomic E-state index is 12.6. The maximum Gasteiger partial charge on any atom is 0.472 e. The Kier molecular flexibility index (Phi) is 42.0. The summed E-state index contributed by atoms with van der Waals surface area (Å²) in [5, 5.41) is 0. The van der Waals surface area contributed by atoms with Crippen molar-refractivity contribution in [2.75, 3.05) is 26.4 Å². The van der Waals surface area contributed by atoms with Crippen molar-refractivity contribution in [2.24, 2.45) is 5.73 Å². The van der Waals surface area contributed by atoms with Crippen molar-refractivity contribution in [3.63, 3.8) is 0 Å². The van der Waals surface area contributed by atoms with E-state index >= 15 is 0 Å². The molecular weight excluding hydrogens is 737 g/mol. The maximum atomic E-state index is 12.6. The molecule has 0 spiro atoms. The molecule has 0 rings (SSSR count). The van der Waals surface area contributed by atoms with E-state index in [0.29, 0.717) is 12.8 Å². The second-order valence-electron chi connectivity index (χ2n) is 15.2. The summed E-state index contributed by atoms with van der Waals surface area (Å²) < 4.78 is 32.8. The van der Waals surface area contributed by atoms with Gasteiger partial charge in [-0.05, 0) is 51.4 Å². The van der Waals surface area contributed by atoms with E-state index in [2.05, 4.69) is 62.5 Å². The largest absolute Gasteiger partial charge is 0.472 e. The fourth-order valence-corrected chi connectivity index (χ4v) is 7.10. The predicted octanol–water partition coefficient (Wildman–Crippen LogP) is 13.5. The third kappa shape index (κ3) is 43.4. The zero-order valence-electron chi connectivity index (χ0n) is 36.6. The Morgan fingerprint density at radius 1 is 0.544 bits per heavy atom. The van der Waals surface area contributed by atoms with Gasteiger partial charge >= 0.3 is 19.8 Å². The second-order valence-corrected chi connectivity index (χ2v) is 16.7. The zero-order valence-corrected chi connectivity index (χ0v) is 37.5. The zero-order chi connectivity index (χ0) is 41.8. The van der Waals surface area contributed by atoms with Crippen molar-refractivity contribution >= 4 is 19.8 Å². The molecular formula is C47H86NO8P. The predicted molar refractivity (Wildman–Crippen MR) is 238 cm³/mol. The van der Waals surface area contributed by atoms with Gasteiger partial charge in [-0.1, -0.05) is 191 Å². The SMILES string of the molecule is CC/C=C/C/C=C/C/C=C/C/C=C/CCCCC(=O)OC[C@H](COP(=O)(O)OCCN)OC(=O)CCCCCCCCCCCCCCCCCCCCCCC. The summed E-state index contributed by atoms with van der Waals surface area (Å²) in [6.45, 7) is 3.59. The van der Waals surface area contributed by atoms with Crippen LogP contribution >= 0.6 is 7.82 Å². The van der Waals surface area contributed by atoms with Crippen molar-refractivity contribution in [3.05, 3.63) is 48.6 Å². The number of allylic oxidation sites excluding steroid dienone is 8. The number of hydrogen-bond acceptors (Lipinski definition) is 8. The van der Waals surface area contributed by atoms with Gasteiger partial charge in [-0.25, -0.2) is 4.57 Å². The first kappa shape index (κ1) is 55.0. The summed E-state index contributed by atoms with van der Waals surface area (Å²) >= 11 is 0. The van der Waals surface area contributed by atoms with E-state index in [9.17, 15) is 19.0 Å². The Balaban J connectivity index is 4.12.